The zero-order chi connectivity index (χ0) is 20.8. The molecule has 0 atom stereocenters. The highest BCUT2D eigenvalue weighted by atomic mass is 35.5. The number of rotatable bonds is 6. The van der Waals surface area contributed by atoms with Crippen LogP contribution in [-0.2, 0) is 11.3 Å². The number of aromatic nitrogens is 1. The minimum absolute atomic E-state index is 0.0386. The molecule has 0 fully saturated rings. The molecule has 1 aromatic carbocycles. The average Bonchev–Trinajstić information content (AvgIpc) is 3.24. The molecule has 0 spiro atoms. The van der Waals surface area contributed by atoms with E-state index in [0.29, 0.717) is 22.2 Å². The van der Waals surface area contributed by atoms with E-state index in [1.165, 1.54) is 11.3 Å². The third-order valence-corrected chi connectivity index (χ3v) is 6.00. The maximum Gasteiger partial charge on any atom is 0.230 e. The molecule has 0 aliphatic carbocycles. The second kappa shape index (κ2) is 9.44. The van der Waals surface area contributed by atoms with Crippen molar-refractivity contribution in [2.24, 2.45) is 0 Å². The Labute approximate surface area is 180 Å². The van der Waals surface area contributed by atoms with Gasteiger partial charge in [-0.1, -0.05) is 41.6 Å². The van der Waals surface area contributed by atoms with Gasteiger partial charge in [0.1, 0.15) is 28.5 Å². The second-order valence-corrected chi connectivity index (χ2v) is 8.17. The van der Waals surface area contributed by atoms with Gasteiger partial charge in [0.25, 0.3) is 0 Å². The van der Waals surface area contributed by atoms with Crippen molar-refractivity contribution in [2.45, 2.75) is 11.6 Å². The number of nitrogen functional groups attached to an aromatic ring is 1. The average molecular weight is 440 g/mol. The van der Waals surface area contributed by atoms with Gasteiger partial charge in [0.15, 0.2) is 0 Å². The molecule has 0 aliphatic heterocycles. The highest BCUT2D eigenvalue weighted by Crippen LogP contribution is 2.37. The van der Waals surface area contributed by atoms with Crippen LogP contribution in [0.4, 0.5) is 5.82 Å². The topological polar surface area (TPSA) is 116 Å². The van der Waals surface area contributed by atoms with E-state index in [-0.39, 0.29) is 28.6 Å². The quantitative estimate of drug-likeness (QED) is 0.556. The number of pyridine rings is 1. The predicted molar refractivity (Wildman–Crippen MR) is 115 cm³/mol. The van der Waals surface area contributed by atoms with Crippen molar-refractivity contribution in [2.75, 3.05) is 11.5 Å². The lowest BCUT2D eigenvalue weighted by Gasteiger charge is -2.11. The smallest absolute Gasteiger partial charge is 0.230 e. The van der Waals surface area contributed by atoms with Gasteiger partial charge in [0.05, 0.1) is 11.3 Å². The number of nitrogens with two attached hydrogens (primary N) is 1. The van der Waals surface area contributed by atoms with Crippen LogP contribution in [0.15, 0.2) is 46.8 Å². The summed E-state index contributed by atoms with van der Waals surface area (Å²) in [5.74, 6) is -0.129. The summed E-state index contributed by atoms with van der Waals surface area (Å²) >= 11 is 8.45. The number of nitrogens with zero attached hydrogens (tertiary/aromatic N) is 3. The summed E-state index contributed by atoms with van der Waals surface area (Å²) in [5, 5.41) is 24.7. The number of thiophene rings is 1. The van der Waals surface area contributed by atoms with Crippen LogP contribution < -0.4 is 11.1 Å². The van der Waals surface area contributed by atoms with Crippen LogP contribution in [0.5, 0.6) is 0 Å². The summed E-state index contributed by atoms with van der Waals surface area (Å²) in [6.07, 6.45) is 0. The fourth-order valence-electron chi connectivity index (χ4n) is 2.60. The zero-order valence-corrected chi connectivity index (χ0v) is 17.4. The fourth-order valence-corrected chi connectivity index (χ4v) is 4.42. The Bertz CT molecular complexity index is 1130. The van der Waals surface area contributed by atoms with Crippen molar-refractivity contribution < 1.29 is 4.79 Å². The van der Waals surface area contributed by atoms with E-state index < -0.39 is 0 Å². The summed E-state index contributed by atoms with van der Waals surface area (Å²) in [6, 6.07) is 15.0. The number of anilines is 1. The molecule has 3 aromatic rings. The maximum atomic E-state index is 12.2. The van der Waals surface area contributed by atoms with E-state index >= 15 is 0 Å². The molecule has 0 unspecified atom stereocenters. The number of benzene rings is 1. The summed E-state index contributed by atoms with van der Waals surface area (Å²) < 4.78 is 0. The number of carbonyl (C=O) groups is 1. The van der Waals surface area contributed by atoms with E-state index in [0.717, 1.165) is 22.2 Å². The maximum absolute atomic E-state index is 12.2. The monoisotopic (exact) mass is 439 g/mol. The van der Waals surface area contributed by atoms with Crippen molar-refractivity contribution >= 4 is 46.4 Å². The number of halogens is 1. The third kappa shape index (κ3) is 4.87. The number of nitrogens with one attached hydrogen (secondary N) is 1. The van der Waals surface area contributed by atoms with Gasteiger partial charge in [-0.3, -0.25) is 4.79 Å². The van der Waals surface area contributed by atoms with Crippen LogP contribution in [-0.4, -0.2) is 16.6 Å². The van der Waals surface area contributed by atoms with Gasteiger partial charge in [-0.15, -0.1) is 11.3 Å². The van der Waals surface area contributed by atoms with Crippen molar-refractivity contribution in [3.8, 4) is 22.6 Å². The van der Waals surface area contributed by atoms with Crippen LogP contribution >= 0.6 is 34.7 Å². The molecule has 0 saturated carbocycles. The molecule has 0 saturated heterocycles. The van der Waals surface area contributed by atoms with E-state index in [1.54, 1.807) is 12.1 Å². The molecule has 2 aromatic heterocycles. The number of hydrogen-bond acceptors (Lipinski definition) is 7. The number of carbonyl (C=O) groups excluding carboxylic acids is 1. The van der Waals surface area contributed by atoms with Gasteiger partial charge in [-0.05, 0) is 29.1 Å². The molecule has 1 amide bonds. The molecule has 3 N–H and O–H groups in total. The van der Waals surface area contributed by atoms with Crippen molar-refractivity contribution in [1.29, 1.82) is 10.5 Å². The summed E-state index contributed by atoms with van der Waals surface area (Å²) in [5.41, 5.74) is 7.70. The highest BCUT2D eigenvalue weighted by Gasteiger charge is 2.21. The minimum atomic E-state index is -0.221. The SMILES string of the molecule is N#Cc1c(N)nc(SCC(=O)NCc2cccc(Cl)c2)c(C#N)c1-c1cccs1. The Kier molecular flexibility index (Phi) is 6.73. The van der Waals surface area contributed by atoms with Gasteiger partial charge in [0.2, 0.25) is 5.91 Å². The number of nitriles is 2. The number of thioether (sulfide) groups is 1. The zero-order valence-electron chi connectivity index (χ0n) is 15.0. The van der Waals surface area contributed by atoms with Crippen molar-refractivity contribution in [3.05, 3.63) is 63.5 Å². The highest BCUT2D eigenvalue weighted by molar-refractivity contribution is 8.00. The Balaban J connectivity index is 1.78. The first-order valence-electron chi connectivity index (χ1n) is 8.35. The second-order valence-electron chi connectivity index (χ2n) is 5.82. The van der Waals surface area contributed by atoms with Gasteiger partial charge < -0.3 is 11.1 Å². The first-order valence-corrected chi connectivity index (χ1v) is 10.6. The molecule has 0 radical (unpaired) electrons. The minimum Gasteiger partial charge on any atom is -0.383 e. The van der Waals surface area contributed by atoms with Crippen LogP contribution in [0.25, 0.3) is 10.4 Å². The van der Waals surface area contributed by atoms with Crippen molar-refractivity contribution in [3.63, 3.8) is 0 Å². The Morgan fingerprint density at radius 3 is 2.69 bits per heavy atom. The lowest BCUT2D eigenvalue weighted by molar-refractivity contribution is -0.118. The van der Waals surface area contributed by atoms with E-state index in [9.17, 15) is 15.3 Å². The Morgan fingerprint density at radius 1 is 1.24 bits per heavy atom. The molecule has 144 valence electrons. The van der Waals surface area contributed by atoms with Gasteiger partial charge >= 0.3 is 0 Å². The van der Waals surface area contributed by atoms with E-state index in [4.69, 9.17) is 17.3 Å². The molecular weight excluding hydrogens is 426 g/mol. The van der Waals surface area contributed by atoms with Gasteiger partial charge in [-0.25, -0.2) is 4.98 Å². The van der Waals surface area contributed by atoms with Crippen LogP contribution in [0.2, 0.25) is 5.02 Å². The molecule has 0 aliphatic rings. The van der Waals surface area contributed by atoms with E-state index in [2.05, 4.69) is 16.4 Å². The van der Waals surface area contributed by atoms with Crippen LogP contribution in [0.1, 0.15) is 16.7 Å². The largest absolute Gasteiger partial charge is 0.383 e. The number of amides is 1. The lowest BCUT2D eigenvalue weighted by atomic mass is 10.0. The Morgan fingerprint density at radius 2 is 2.03 bits per heavy atom. The summed E-state index contributed by atoms with van der Waals surface area (Å²) in [4.78, 5) is 17.2. The molecular formula is C20H14ClN5OS2. The molecule has 0 bridgehead atoms. The number of hydrogen-bond donors (Lipinski definition) is 2. The van der Waals surface area contributed by atoms with E-state index in [1.807, 2.05) is 35.7 Å². The van der Waals surface area contributed by atoms with Gasteiger partial charge in [0, 0.05) is 22.0 Å². The predicted octanol–water partition coefficient (Wildman–Crippen LogP) is 4.20. The summed E-state index contributed by atoms with van der Waals surface area (Å²) in [7, 11) is 0. The van der Waals surface area contributed by atoms with Crippen molar-refractivity contribution in [1.82, 2.24) is 10.3 Å². The van der Waals surface area contributed by atoms with Crippen LogP contribution in [0, 0.1) is 22.7 Å². The fraction of sp³-hybridized carbons (Fsp3) is 0.100. The standard InChI is InChI=1S/C20H14ClN5OS2/c21-13-4-1-3-12(7-13)10-25-17(27)11-29-20-15(9-23)18(16-5-2-6-28-16)14(8-22)19(24)26-20/h1-7H,10-11H2,(H2,24,26)(H,25,27). The summed E-state index contributed by atoms with van der Waals surface area (Å²) in [6.45, 7) is 0.342. The van der Waals surface area contributed by atoms with Gasteiger partial charge in [-0.2, -0.15) is 10.5 Å². The third-order valence-electron chi connectivity index (χ3n) is 3.90. The first kappa shape index (κ1) is 20.7. The first-order chi connectivity index (χ1) is 14.0. The molecule has 2 heterocycles. The molecule has 3 rings (SSSR count). The Hall–Kier alpha value is -3.04. The lowest BCUT2D eigenvalue weighted by Crippen LogP contribution is -2.24. The van der Waals surface area contributed by atoms with Crippen LogP contribution in [0.3, 0.4) is 0 Å². The normalized spacial score (nSPS) is 10.2. The molecule has 9 heteroatoms. The molecule has 6 nitrogen and oxygen atoms in total. The molecule has 29 heavy (non-hydrogen) atoms.